The highest BCUT2D eigenvalue weighted by atomic mass is 15.0. The zero-order valence-electron chi connectivity index (χ0n) is 15.0. The highest BCUT2D eigenvalue weighted by Crippen LogP contribution is 2.11. The molecule has 0 saturated heterocycles. The molecule has 4 heteroatoms. The molecule has 24 heavy (non-hydrogen) atoms. The lowest BCUT2D eigenvalue weighted by Crippen LogP contribution is -2.28. The van der Waals surface area contributed by atoms with Crippen LogP contribution in [0.2, 0.25) is 0 Å². The van der Waals surface area contributed by atoms with Crippen molar-refractivity contribution in [2.24, 2.45) is 18.0 Å². The maximum atomic E-state index is 8.84. The number of aromatic nitrogens is 1. The summed E-state index contributed by atoms with van der Waals surface area (Å²) < 4.78 is 2.00. The fourth-order valence-corrected chi connectivity index (χ4v) is 2.28. The number of anilines is 1. The van der Waals surface area contributed by atoms with Crippen LogP contribution in [0.25, 0.3) is 12.7 Å². The number of aliphatic imine (C=N–C) groups is 1. The summed E-state index contributed by atoms with van der Waals surface area (Å²) in [4.78, 5) is 3.98. The quantitative estimate of drug-likeness (QED) is 0.476. The first-order valence-electron chi connectivity index (χ1n) is 7.86. The minimum Gasteiger partial charge on any atom is -0.383 e. The molecule has 1 aromatic heterocycles. The molecule has 4 nitrogen and oxygen atoms in total. The summed E-state index contributed by atoms with van der Waals surface area (Å²) in [5.74, 6) is 0.299. The van der Waals surface area contributed by atoms with Gasteiger partial charge in [0.05, 0.1) is 11.8 Å². The van der Waals surface area contributed by atoms with E-state index in [2.05, 4.69) is 36.5 Å². The van der Waals surface area contributed by atoms with Gasteiger partial charge in [0.15, 0.2) is 0 Å². The van der Waals surface area contributed by atoms with Crippen molar-refractivity contribution in [2.45, 2.75) is 13.8 Å². The van der Waals surface area contributed by atoms with E-state index in [9.17, 15) is 0 Å². The molecule has 0 spiro atoms. The molecule has 1 atom stereocenters. The fraction of sp³-hybridized carbons (Fsp3) is 0.300. The lowest BCUT2D eigenvalue weighted by molar-refractivity contribution is 0.738. The molecule has 0 fully saturated rings. The third-order valence-corrected chi connectivity index (χ3v) is 3.82. The van der Waals surface area contributed by atoms with Crippen molar-refractivity contribution in [3.8, 4) is 6.07 Å². The van der Waals surface area contributed by atoms with E-state index in [1.54, 1.807) is 26.3 Å². The van der Waals surface area contributed by atoms with Crippen LogP contribution in [0.15, 0.2) is 47.1 Å². The third-order valence-electron chi connectivity index (χ3n) is 3.82. The Kier molecular flexibility index (Phi) is 7.51. The van der Waals surface area contributed by atoms with Crippen molar-refractivity contribution in [1.29, 1.82) is 5.26 Å². The van der Waals surface area contributed by atoms with Gasteiger partial charge in [-0.2, -0.15) is 5.26 Å². The van der Waals surface area contributed by atoms with E-state index in [-0.39, 0.29) is 0 Å². The van der Waals surface area contributed by atoms with Crippen LogP contribution in [0, 0.1) is 17.2 Å². The topological polar surface area (TPSA) is 53.1 Å². The molecule has 1 aromatic rings. The van der Waals surface area contributed by atoms with E-state index in [0.29, 0.717) is 11.5 Å². The third kappa shape index (κ3) is 5.13. The smallest absolute Gasteiger partial charge is 0.0944 e. The Labute approximate surface area is 144 Å². The Morgan fingerprint density at radius 3 is 2.79 bits per heavy atom. The first-order valence-corrected chi connectivity index (χ1v) is 7.86. The summed E-state index contributed by atoms with van der Waals surface area (Å²) in [7, 11) is 3.72. The monoisotopic (exact) mass is 322 g/mol. The highest BCUT2D eigenvalue weighted by Gasteiger charge is 2.07. The van der Waals surface area contributed by atoms with Crippen molar-refractivity contribution >= 4 is 24.6 Å². The summed E-state index contributed by atoms with van der Waals surface area (Å²) in [6.07, 6.45) is 11.4. The molecule has 0 aromatic carbocycles. The molecule has 0 bridgehead atoms. The van der Waals surface area contributed by atoms with Crippen molar-refractivity contribution in [3.63, 3.8) is 0 Å². The van der Waals surface area contributed by atoms with Gasteiger partial charge in [0, 0.05) is 49.2 Å². The summed E-state index contributed by atoms with van der Waals surface area (Å²) in [5, 5.41) is 14.2. The van der Waals surface area contributed by atoms with Gasteiger partial charge < -0.3 is 9.88 Å². The molecule has 1 N–H and O–H groups in total. The number of hydrogen-bond acceptors (Lipinski definition) is 3. The van der Waals surface area contributed by atoms with Crippen LogP contribution in [0.4, 0.5) is 5.69 Å². The number of nitrogens with zero attached hydrogens (tertiary/aromatic N) is 3. The molecular formula is C20H26N4. The molecule has 0 amide bonds. The van der Waals surface area contributed by atoms with Gasteiger partial charge in [-0.25, -0.2) is 0 Å². The first kappa shape index (κ1) is 19.2. The number of aryl methyl sites for hydroxylation is 1. The Hall–Kier alpha value is -2.80. The molecule has 0 aliphatic rings. The average Bonchev–Trinajstić information content (AvgIpc) is 2.85. The van der Waals surface area contributed by atoms with Crippen LogP contribution in [0.1, 0.15) is 13.8 Å². The summed E-state index contributed by atoms with van der Waals surface area (Å²) in [5.41, 5.74) is 2.79. The van der Waals surface area contributed by atoms with Crippen LogP contribution in [-0.4, -0.2) is 24.4 Å². The van der Waals surface area contributed by atoms with E-state index < -0.39 is 0 Å². The van der Waals surface area contributed by atoms with Crippen LogP contribution in [-0.2, 0) is 7.05 Å². The minimum atomic E-state index is 0.299. The zero-order chi connectivity index (χ0) is 18.1. The molecule has 1 heterocycles. The predicted octanol–water partition coefficient (Wildman–Crippen LogP) is 2.55. The number of nitriles is 1. The Bertz CT molecular complexity index is 813. The highest BCUT2D eigenvalue weighted by molar-refractivity contribution is 5.73. The van der Waals surface area contributed by atoms with Gasteiger partial charge in [0.25, 0.3) is 0 Å². The van der Waals surface area contributed by atoms with Crippen molar-refractivity contribution in [1.82, 2.24) is 4.57 Å². The number of allylic oxidation sites excluding steroid dienone is 4. The van der Waals surface area contributed by atoms with E-state index >= 15 is 0 Å². The van der Waals surface area contributed by atoms with Crippen LogP contribution in [0.3, 0.4) is 0 Å². The second-order valence-corrected chi connectivity index (χ2v) is 5.71. The van der Waals surface area contributed by atoms with Crippen molar-refractivity contribution in [2.75, 3.05) is 18.9 Å². The number of hydrogen-bond donors (Lipinski definition) is 1. The van der Waals surface area contributed by atoms with Crippen molar-refractivity contribution in [3.05, 3.63) is 52.7 Å². The summed E-state index contributed by atoms with van der Waals surface area (Å²) in [6, 6.07) is 2.11. The molecular weight excluding hydrogens is 296 g/mol. The Morgan fingerprint density at radius 2 is 2.21 bits per heavy atom. The molecule has 0 aliphatic heterocycles. The standard InChI is InChI=1S/C20H26N4/c1-7-18(10-11-22-5)16(3)13-23-19-14-24(6)20(17(19)4)9-8-15(2)12-21/h7-11,14,16,23H,1,4,13H2,2-3,5-6H3/b15-8+,18-10+,20-9+,22-11-. The van der Waals surface area contributed by atoms with Gasteiger partial charge in [0.2, 0.25) is 0 Å². The van der Waals surface area contributed by atoms with Crippen LogP contribution < -0.4 is 15.9 Å². The summed E-state index contributed by atoms with van der Waals surface area (Å²) >= 11 is 0. The van der Waals surface area contributed by atoms with E-state index in [4.69, 9.17) is 5.26 Å². The maximum absolute atomic E-state index is 8.84. The van der Waals surface area contributed by atoms with Crippen LogP contribution in [0.5, 0.6) is 0 Å². The Balaban J connectivity index is 2.97. The van der Waals surface area contributed by atoms with Gasteiger partial charge in [-0.3, -0.25) is 4.99 Å². The average molecular weight is 322 g/mol. The van der Waals surface area contributed by atoms with Gasteiger partial charge in [-0.15, -0.1) is 0 Å². The van der Waals surface area contributed by atoms with Gasteiger partial charge in [-0.05, 0) is 36.6 Å². The normalized spacial score (nSPS) is 14.7. The first-order chi connectivity index (χ1) is 11.4. The lowest BCUT2D eigenvalue weighted by Gasteiger charge is -2.13. The molecule has 1 unspecified atom stereocenters. The SMILES string of the molecule is C=C/C(=C\C=N/C)C(C)CNc1cn(C)/c(=C/C=C(\C)C#N)c1=C. The molecule has 126 valence electrons. The molecule has 1 rings (SSSR count). The van der Waals surface area contributed by atoms with Crippen molar-refractivity contribution < 1.29 is 0 Å². The minimum absolute atomic E-state index is 0.299. The molecule has 0 saturated carbocycles. The second kappa shape index (κ2) is 9.36. The van der Waals surface area contributed by atoms with Gasteiger partial charge >= 0.3 is 0 Å². The number of rotatable bonds is 7. The lowest BCUT2D eigenvalue weighted by atomic mass is 10.0. The Morgan fingerprint density at radius 1 is 1.50 bits per heavy atom. The number of nitrogens with one attached hydrogen (secondary N) is 1. The second-order valence-electron chi connectivity index (χ2n) is 5.71. The van der Waals surface area contributed by atoms with Crippen LogP contribution >= 0.6 is 0 Å². The molecule has 0 aliphatic carbocycles. The summed E-state index contributed by atoms with van der Waals surface area (Å²) in [6.45, 7) is 12.7. The fourth-order valence-electron chi connectivity index (χ4n) is 2.28. The van der Waals surface area contributed by atoms with E-state index in [1.165, 1.54) is 0 Å². The zero-order valence-corrected chi connectivity index (χ0v) is 15.0. The predicted molar refractivity (Wildman–Crippen MR) is 104 cm³/mol. The maximum Gasteiger partial charge on any atom is 0.0944 e. The van der Waals surface area contributed by atoms with E-state index in [1.807, 2.05) is 36.0 Å². The largest absolute Gasteiger partial charge is 0.383 e. The van der Waals surface area contributed by atoms with Gasteiger partial charge in [0.1, 0.15) is 0 Å². The van der Waals surface area contributed by atoms with E-state index in [0.717, 1.165) is 28.4 Å². The van der Waals surface area contributed by atoms with Gasteiger partial charge in [-0.1, -0.05) is 26.2 Å². The molecule has 0 radical (unpaired) electrons.